The molecule has 7 heteroatoms. The van der Waals surface area contributed by atoms with E-state index in [1.807, 2.05) is 12.1 Å². The number of hydrogen-bond acceptors (Lipinski definition) is 6. The second-order valence-electron chi connectivity index (χ2n) is 5.71. The van der Waals surface area contributed by atoms with Crippen LogP contribution in [-0.4, -0.2) is 26.0 Å². The fourth-order valence-corrected chi connectivity index (χ4v) is 2.40. The van der Waals surface area contributed by atoms with Gasteiger partial charge in [-0.25, -0.2) is 9.97 Å². The Bertz CT molecular complexity index is 858. The first kappa shape index (κ1) is 14.5. The second kappa shape index (κ2) is 6.19. The maximum atomic E-state index is 12.2. The zero-order valence-electron chi connectivity index (χ0n) is 12.8. The van der Waals surface area contributed by atoms with E-state index in [1.165, 1.54) is 12.8 Å². The van der Waals surface area contributed by atoms with Crippen LogP contribution in [0.15, 0.2) is 47.5 Å². The van der Waals surface area contributed by atoms with E-state index in [4.69, 9.17) is 4.52 Å². The molecule has 0 saturated heterocycles. The van der Waals surface area contributed by atoms with Crippen molar-refractivity contribution in [1.82, 2.24) is 25.4 Å². The van der Waals surface area contributed by atoms with Crippen molar-refractivity contribution >= 4 is 5.91 Å². The highest BCUT2D eigenvalue weighted by Crippen LogP contribution is 2.38. The van der Waals surface area contributed by atoms with Gasteiger partial charge in [0.25, 0.3) is 5.91 Å². The lowest BCUT2D eigenvalue weighted by Crippen LogP contribution is -2.23. The summed E-state index contributed by atoms with van der Waals surface area (Å²) < 4.78 is 5.21. The van der Waals surface area contributed by atoms with Gasteiger partial charge in [0.05, 0.1) is 12.2 Å². The van der Waals surface area contributed by atoms with Crippen LogP contribution in [0.25, 0.3) is 11.3 Å². The van der Waals surface area contributed by atoms with Gasteiger partial charge in [0.1, 0.15) is 6.33 Å². The smallest absolute Gasteiger partial charge is 0.273 e. The van der Waals surface area contributed by atoms with Gasteiger partial charge < -0.3 is 9.84 Å². The van der Waals surface area contributed by atoms with Crippen molar-refractivity contribution in [3.05, 3.63) is 60.1 Å². The van der Waals surface area contributed by atoms with E-state index in [2.05, 4.69) is 25.4 Å². The predicted molar refractivity (Wildman–Crippen MR) is 84.9 cm³/mol. The number of rotatable bonds is 5. The standard InChI is InChI=1S/C17H15N5O2/c23-17(15-7-16(24-22-15)12-2-1-5-18-8-12)19-9-13-6-14(11-3-4-11)21-10-20-13/h1-2,5-8,10-11H,3-4,9H2,(H,19,23). The molecule has 3 aromatic heterocycles. The summed E-state index contributed by atoms with van der Waals surface area (Å²) in [6.07, 6.45) is 7.23. The van der Waals surface area contributed by atoms with Crippen LogP contribution in [0.5, 0.6) is 0 Å². The van der Waals surface area contributed by atoms with Crippen molar-refractivity contribution < 1.29 is 9.32 Å². The number of carbonyl (C=O) groups is 1. The summed E-state index contributed by atoms with van der Waals surface area (Å²) in [5, 5.41) is 6.61. The van der Waals surface area contributed by atoms with Gasteiger partial charge in [-0.2, -0.15) is 0 Å². The molecule has 3 aromatic rings. The van der Waals surface area contributed by atoms with E-state index in [-0.39, 0.29) is 11.6 Å². The summed E-state index contributed by atoms with van der Waals surface area (Å²) in [6.45, 7) is 0.330. The molecular weight excluding hydrogens is 306 g/mol. The summed E-state index contributed by atoms with van der Waals surface area (Å²) in [7, 11) is 0. The third kappa shape index (κ3) is 3.15. The van der Waals surface area contributed by atoms with E-state index in [9.17, 15) is 4.79 Å². The van der Waals surface area contributed by atoms with Crippen molar-refractivity contribution in [3.63, 3.8) is 0 Å². The van der Waals surface area contributed by atoms with Crippen LogP contribution in [0, 0.1) is 0 Å². The predicted octanol–water partition coefficient (Wildman–Crippen LogP) is 2.33. The molecule has 1 aliphatic carbocycles. The Labute approximate surface area is 138 Å². The zero-order valence-corrected chi connectivity index (χ0v) is 12.8. The van der Waals surface area contributed by atoms with Crippen LogP contribution < -0.4 is 5.32 Å². The number of aromatic nitrogens is 4. The van der Waals surface area contributed by atoms with Gasteiger partial charge in [0, 0.05) is 35.6 Å². The average molecular weight is 321 g/mol. The molecule has 0 atom stereocenters. The number of amides is 1. The summed E-state index contributed by atoms with van der Waals surface area (Å²) in [5.74, 6) is 0.756. The number of pyridine rings is 1. The van der Waals surface area contributed by atoms with E-state index in [0.29, 0.717) is 18.2 Å². The van der Waals surface area contributed by atoms with E-state index >= 15 is 0 Å². The van der Waals surface area contributed by atoms with Crippen LogP contribution in [0.2, 0.25) is 0 Å². The van der Waals surface area contributed by atoms with Crippen LogP contribution in [-0.2, 0) is 6.54 Å². The highest BCUT2D eigenvalue weighted by molar-refractivity contribution is 5.92. The highest BCUT2D eigenvalue weighted by Gasteiger charge is 2.25. The number of nitrogens with one attached hydrogen (secondary N) is 1. The van der Waals surface area contributed by atoms with Gasteiger partial charge in [-0.05, 0) is 31.0 Å². The molecule has 0 bridgehead atoms. The summed E-state index contributed by atoms with van der Waals surface area (Å²) in [5.41, 5.74) is 2.84. The van der Waals surface area contributed by atoms with E-state index < -0.39 is 0 Å². The molecule has 0 unspecified atom stereocenters. The number of hydrogen-bond donors (Lipinski definition) is 1. The first-order valence-electron chi connectivity index (χ1n) is 7.76. The molecule has 4 rings (SSSR count). The molecule has 0 spiro atoms. The van der Waals surface area contributed by atoms with Crippen molar-refractivity contribution in [3.8, 4) is 11.3 Å². The first-order chi connectivity index (χ1) is 11.8. The van der Waals surface area contributed by atoms with Gasteiger partial charge in [0.2, 0.25) is 0 Å². The Balaban J connectivity index is 1.41. The minimum atomic E-state index is -0.305. The molecule has 7 nitrogen and oxygen atoms in total. The molecule has 1 fully saturated rings. The quantitative estimate of drug-likeness (QED) is 0.775. The molecule has 3 heterocycles. The average Bonchev–Trinajstić information content (AvgIpc) is 3.37. The van der Waals surface area contributed by atoms with Crippen molar-refractivity contribution in [1.29, 1.82) is 0 Å². The van der Waals surface area contributed by atoms with Crippen molar-refractivity contribution in [2.75, 3.05) is 0 Å². The molecule has 120 valence electrons. The monoisotopic (exact) mass is 321 g/mol. The summed E-state index contributed by atoms with van der Waals surface area (Å²) in [4.78, 5) is 24.7. The van der Waals surface area contributed by atoms with Crippen LogP contribution in [0.4, 0.5) is 0 Å². The lowest BCUT2D eigenvalue weighted by Gasteiger charge is -2.03. The minimum absolute atomic E-state index is 0.227. The van der Waals surface area contributed by atoms with Gasteiger partial charge in [0.15, 0.2) is 11.5 Å². The molecule has 1 N–H and O–H groups in total. The molecule has 24 heavy (non-hydrogen) atoms. The number of nitrogens with zero attached hydrogens (tertiary/aromatic N) is 4. The molecule has 1 aliphatic rings. The Morgan fingerprint density at radius 3 is 3.00 bits per heavy atom. The highest BCUT2D eigenvalue weighted by atomic mass is 16.5. The van der Waals surface area contributed by atoms with Gasteiger partial charge in [-0.15, -0.1) is 0 Å². The SMILES string of the molecule is O=C(NCc1cc(C2CC2)ncn1)c1cc(-c2cccnc2)on1. The Morgan fingerprint density at radius 2 is 2.21 bits per heavy atom. The second-order valence-corrected chi connectivity index (χ2v) is 5.71. The third-order valence-electron chi connectivity index (χ3n) is 3.86. The molecule has 0 radical (unpaired) electrons. The third-order valence-corrected chi connectivity index (χ3v) is 3.86. The zero-order chi connectivity index (χ0) is 16.4. The maximum Gasteiger partial charge on any atom is 0.273 e. The van der Waals surface area contributed by atoms with E-state index in [1.54, 1.807) is 30.9 Å². The number of carbonyl (C=O) groups excluding carboxylic acids is 1. The lowest BCUT2D eigenvalue weighted by molar-refractivity contribution is 0.0941. The Kier molecular flexibility index (Phi) is 3.74. The van der Waals surface area contributed by atoms with Gasteiger partial charge in [-0.1, -0.05) is 5.16 Å². The van der Waals surface area contributed by atoms with Gasteiger partial charge in [-0.3, -0.25) is 9.78 Å². The van der Waals surface area contributed by atoms with Crippen LogP contribution in [0.1, 0.15) is 40.6 Å². The van der Waals surface area contributed by atoms with Crippen LogP contribution in [0.3, 0.4) is 0 Å². The van der Waals surface area contributed by atoms with Crippen LogP contribution >= 0.6 is 0 Å². The molecular formula is C17H15N5O2. The summed E-state index contributed by atoms with van der Waals surface area (Å²) >= 11 is 0. The van der Waals surface area contributed by atoms with Crippen molar-refractivity contribution in [2.24, 2.45) is 0 Å². The van der Waals surface area contributed by atoms with E-state index in [0.717, 1.165) is 17.0 Å². The largest absolute Gasteiger partial charge is 0.355 e. The molecule has 0 aromatic carbocycles. The topological polar surface area (TPSA) is 93.8 Å². The maximum absolute atomic E-state index is 12.2. The normalized spacial score (nSPS) is 13.7. The summed E-state index contributed by atoms with van der Waals surface area (Å²) in [6, 6.07) is 7.18. The fraction of sp³-hybridized carbons (Fsp3) is 0.235. The Morgan fingerprint density at radius 1 is 1.29 bits per heavy atom. The van der Waals surface area contributed by atoms with Gasteiger partial charge >= 0.3 is 0 Å². The molecule has 1 saturated carbocycles. The molecule has 0 aliphatic heterocycles. The minimum Gasteiger partial charge on any atom is -0.355 e. The first-order valence-corrected chi connectivity index (χ1v) is 7.76. The molecule has 1 amide bonds. The fourth-order valence-electron chi connectivity index (χ4n) is 2.40. The lowest BCUT2D eigenvalue weighted by atomic mass is 10.2. The Hall–Kier alpha value is -3.09. The van der Waals surface area contributed by atoms with Crippen molar-refractivity contribution in [2.45, 2.75) is 25.3 Å².